The highest BCUT2D eigenvalue weighted by Crippen LogP contribution is 2.16. The number of carbonyl (C=O) groups excluding carboxylic acids is 3. The Morgan fingerprint density at radius 3 is 0.756 bits per heavy atom. The topological polar surface area (TPSA) is 78.9 Å². The fraction of sp³-hybridized carbons (Fsp3) is 0.792. The van der Waals surface area contributed by atoms with Crippen molar-refractivity contribution in [2.24, 2.45) is 0 Å². The van der Waals surface area contributed by atoms with Gasteiger partial charge in [-0.3, -0.25) is 14.4 Å². The molecule has 6 heteroatoms. The van der Waals surface area contributed by atoms with Crippen LogP contribution in [-0.4, -0.2) is 37.2 Å². The van der Waals surface area contributed by atoms with E-state index in [1.165, 1.54) is 225 Å². The van der Waals surface area contributed by atoms with Crippen molar-refractivity contribution in [3.05, 3.63) is 72.9 Å². The van der Waals surface area contributed by atoms with Gasteiger partial charge in [-0.2, -0.15) is 0 Å². The molecule has 0 N–H and O–H groups in total. The van der Waals surface area contributed by atoms with Gasteiger partial charge < -0.3 is 14.2 Å². The minimum absolute atomic E-state index is 0.0802. The predicted octanol–water partition coefficient (Wildman–Crippen LogP) is 23.3. The molecule has 0 heterocycles. The lowest BCUT2D eigenvalue weighted by Crippen LogP contribution is -2.30. The summed E-state index contributed by atoms with van der Waals surface area (Å²) in [7, 11) is 0. The molecule has 1 unspecified atom stereocenters. The van der Waals surface area contributed by atoms with Gasteiger partial charge in [0.05, 0.1) is 0 Å². The maximum Gasteiger partial charge on any atom is 0.306 e. The van der Waals surface area contributed by atoms with Crippen LogP contribution in [0.25, 0.3) is 0 Å². The molecule has 0 aromatic carbocycles. The van der Waals surface area contributed by atoms with Gasteiger partial charge in [0.2, 0.25) is 0 Å². The molecule has 0 saturated carbocycles. The maximum absolute atomic E-state index is 12.9. The molecule has 6 nitrogen and oxygen atoms in total. The third kappa shape index (κ3) is 63.7. The summed E-state index contributed by atoms with van der Waals surface area (Å²) in [6.07, 6.45) is 86.2. The van der Waals surface area contributed by atoms with Crippen LogP contribution < -0.4 is 0 Å². The first-order chi connectivity index (χ1) is 38.5. The maximum atomic E-state index is 12.9. The second-order valence-corrected chi connectivity index (χ2v) is 22.7. The Bertz CT molecular complexity index is 1440. The molecule has 0 bridgehead atoms. The average molecular weight is 1090 g/mol. The van der Waals surface area contributed by atoms with Crippen LogP contribution in [0.15, 0.2) is 72.9 Å². The molecule has 1 atom stereocenters. The Hall–Kier alpha value is -3.15. The van der Waals surface area contributed by atoms with Crippen molar-refractivity contribution >= 4 is 17.9 Å². The number of rotatable bonds is 62. The first kappa shape index (κ1) is 74.8. The zero-order valence-corrected chi connectivity index (χ0v) is 51.9. The van der Waals surface area contributed by atoms with E-state index in [1.54, 1.807) is 0 Å². The third-order valence-corrected chi connectivity index (χ3v) is 14.9. The molecule has 0 radical (unpaired) electrons. The van der Waals surface area contributed by atoms with Crippen molar-refractivity contribution in [2.45, 2.75) is 354 Å². The van der Waals surface area contributed by atoms with Crippen LogP contribution in [0.5, 0.6) is 0 Å². The van der Waals surface area contributed by atoms with E-state index in [-0.39, 0.29) is 31.1 Å². The second-order valence-electron chi connectivity index (χ2n) is 22.7. The molecule has 452 valence electrons. The van der Waals surface area contributed by atoms with Crippen molar-refractivity contribution < 1.29 is 28.6 Å². The fourth-order valence-corrected chi connectivity index (χ4v) is 9.77. The minimum atomic E-state index is -0.784. The Labute approximate surface area is 484 Å². The van der Waals surface area contributed by atoms with Gasteiger partial charge in [0, 0.05) is 19.3 Å². The highest BCUT2D eigenvalue weighted by Gasteiger charge is 2.19. The molecule has 0 fully saturated rings. The average Bonchev–Trinajstić information content (AvgIpc) is 3.44. The summed E-state index contributed by atoms with van der Waals surface area (Å²) >= 11 is 0. The zero-order valence-electron chi connectivity index (χ0n) is 51.9. The highest BCUT2D eigenvalue weighted by molar-refractivity contribution is 5.71. The van der Waals surface area contributed by atoms with E-state index in [4.69, 9.17) is 14.2 Å². The molecule has 0 aliphatic heterocycles. The fourth-order valence-electron chi connectivity index (χ4n) is 9.77. The summed E-state index contributed by atoms with van der Waals surface area (Å²) in [5.74, 6) is -0.879. The van der Waals surface area contributed by atoms with E-state index in [0.717, 1.165) is 83.5 Å². The van der Waals surface area contributed by atoms with Crippen LogP contribution in [0.2, 0.25) is 0 Å². The SMILES string of the molecule is CCCCC/C=C\C/C=C\CCCCCCCCCC(=O)OCC(COC(=O)CCCCCCCCCCCC/C=C\C/C=C\C/C=C\CCCCCCC)OC(=O)CCCCCCCCC/C=C\CCCCCCCCC. The van der Waals surface area contributed by atoms with Crippen LogP contribution in [0.1, 0.15) is 348 Å². The van der Waals surface area contributed by atoms with Gasteiger partial charge >= 0.3 is 17.9 Å². The molecule has 0 aromatic rings. The third-order valence-electron chi connectivity index (χ3n) is 14.9. The number of esters is 3. The van der Waals surface area contributed by atoms with Crippen LogP contribution in [0, 0.1) is 0 Å². The predicted molar refractivity (Wildman–Crippen MR) is 339 cm³/mol. The van der Waals surface area contributed by atoms with E-state index in [1.807, 2.05) is 0 Å². The summed E-state index contributed by atoms with van der Waals surface area (Å²) in [6.45, 7) is 6.63. The monoisotopic (exact) mass is 1090 g/mol. The quantitative estimate of drug-likeness (QED) is 0.0261. The second kappa shape index (κ2) is 66.4. The van der Waals surface area contributed by atoms with Crippen LogP contribution >= 0.6 is 0 Å². The van der Waals surface area contributed by atoms with Crippen molar-refractivity contribution in [1.29, 1.82) is 0 Å². The van der Waals surface area contributed by atoms with Crippen molar-refractivity contribution in [2.75, 3.05) is 13.2 Å². The Balaban J connectivity index is 4.35. The summed E-state index contributed by atoms with van der Waals surface area (Å²) in [5.41, 5.74) is 0. The molecule has 0 spiro atoms. The molecular formula is C72H128O6. The molecule has 0 amide bonds. The molecule has 0 aliphatic rings. The van der Waals surface area contributed by atoms with Crippen LogP contribution in [-0.2, 0) is 28.6 Å². The molecule has 0 rings (SSSR count). The standard InChI is InChI=1S/C72H128O6/c1-4-7-10-13-16-19-22-25-28-31-33-34-35-36-37-38-39-42-44-47-50-53-56-59-62-65-71(74)77-68-69(67-76-70(73)64-61-58-55-52-49-46-43-40-30-27-24-21-18-15-12-9-6-3)78-72(75)66-63-60-57-54-51-48-45-41-32-29-26-23-20-17-14-11-8-5-2/h18,21-22,25,27,29-33,35-36,69H,4-17,19-20,23-24,26,28,34,37-68H2,1-3H3/b21-18-,25-22-,30-27-,32-29-,33-31-,36-35-. The highest BCUT2D eigenvalue weighted by atomic mass is 16.6. The zero-order chi connectivity index (χ0) is 56.4. The Kier molecular flexibility index (Phi) is 63.7. The number of hydrogen-bond donors (Lipinski definition) is 0. The number of hydrogen-bond acceptors (Lipinski definition) is 6. The van der Waals surface area contributed by atoms with Crippen LogP contribution in [0.3, 0.4) is 0 Å². The minimum Gasteiger partial charge on any atom is -0.462 e. The smallest absolute Gasteiger partial charge is 0.306 e. The lowest BCUT2D eigenvalue weighted by Gasteiger charge is -2.18. The number of allylic oxidation sites excluding steroid dienone is 12. The van der Waals surface area contributed by atoms with E-state index in [2.05, 4.69) is 93.7 Å². The van der Waals surface area contributed by atoms with Gasteiger partial charge in [-0.15, -0.1) is 0 Å². The molecule has 0 saturated heterocycles. The first-order valence-electron chi connectivity index (χ1n) is 33.9. The van der Waals surface area contributed by atoms with Gasteiger partial charge in [0.1, 0.15) is 13.2 Å². The summed E-state index contributed by atoms with van der Waals surface area (Å²) in [5, 5.41) is 0. The molecule has 0 aliphatic carbocycles. The Morgan fingerprint density at radius 1 is 0.256 bits per heavy atom. The van der Waals surface area contributed by atoms with Gasteiger partial charge in [0.25, 0.3) is 0 Å². The Morgan fingerprint density at radius 2 is 0.462 bits per heavy atom. The van der Waals surface area contributed by atoms with Crippen LogP contribution in [0.4, 0.5) is 0 Å². The van der Waals surface area contributed by atoms with Gasteiger partial charge in [-0.25, -0.2) is 0 Å². The van der Waals surface area contributed by atoms with Gasteiger partial charge in [-0.05, 0) is 116 Å². The van der Waals surface area contributed by atoms with Gasteiger partial charge in [-0.1, -0.05) is 286 Å². The van der Waals surface area contributed by atoms with E-state index < -0.39 is 6.10 Å². The van der Waals surface area contributed by atoms with E-state index >= 15 is 0 Å². The van der Waals surface area contributed by atoms with Gasteiger partial charge in [0.15, 0.2) is 6.10 Å². The van der Waals surface area contributed by atoms with E-state index in [0.29, 0.717) is 19.3 Å². The largest absolute Gasteiger partial charge is 0.462 e. The first-order valence-corrected chi connectivity index (χ1v) is 33.9. The summed E-state index contributed by atoms with van der Waals surface area (Å²) in [4.78, 5) is 38.4. The van der Waals surface area contributed by atoms with E-state index in [9.17, 15) is 14.4 Å². The molecule has 78 heavy (non-hydrogen) atoms. The summed E-state index contributed by atoms with van der Waals surface area (Å²) < 4.78 is 17.0. The normalized spacial score (nSPS) is 12.5. The van der Waals surface area contributed by atoms with Crippen molar-refractivity contribution in [3.8, 4) is 0 Å². The number of unbranched alkanes of at least 4 members (excludes halogenated alkanes) is 39. The number of carbonyl (C=O) groups is 3. The molecular weight excluding hydrogens is 961 g/mol. The van der Waals surface area contributed by atoms with Crippen molar-refractivity contribution in [1.82, 2.24) is 0 Å². The number of ether oxygens (including phenoxy) is 3. The molecule has 0 aromatic heterocycles. The van der Waals surface area contributed by atoms with Crippen molar-refractivity contribution in [3.63, 3.8) is 0 Å². The lowest BCUT2D eigenvalue weighted by molar-refractivity contribution is -0.167. The summed E-state index contributed by atoms with van der Waals surface area (Å²) in [6, 6.07) is 0. The lowest BCUT2D eigenvalue weighted by atomic mass is 10.1.